The molecule has 0 radical (unpaired) electrons. The Labute approximate surface area is 246 Å². The summed E-state index contributed by atoms with van der Waals surface area (Å²) in [4.78, 5) is 37.4. The molecule has 0 saturated carbocycles. The molecule has 2 aliphatic heterocycles. The van der Waals surface area contributed by atoms with Crippen LogP contribution in [-0.4, -0.2) is 88.7 Å². The Morgan fingerprint density at radius 3 is 2.48 bits per heavy atom. The van der Waals surface area contributed by atoms with E-state index < -0.39 is 0 Å². The second kappa shape index (κ2) is 11.4. The third-order valence-corrected chi connectivity index (χ3v) is 8.73. The molecule has 10 nitrogen and oxygen atoms in total. The molecule has 0 spiro atoms. The summed E-state index contributed by atoms with van der Waals surface area (Å²) in [5.74, 6) is -0.152. The maximum atomic E-state index is 13.4. The van der Waals surface area contributed by atoms with Crippen LogP contribution in [0.2, 0.25) is 0 Å². The fourth-order valence-corrected chi connectivity index (χ4v) is 6.07. The molecule has 0 unspecified atom stereocenters. The second-order valence-electron chi connectivity index (χ2n) is 11.7. The molecule has 42 heavy (non-hydrogen) atoms. The number of hydrogen-bond acceptors (Lipinski definition) is 7. The molecule has 218 valence electrons. The molecule has 0 bridgehead atoms. The molecule has 3 N–H and O–H groups in total. The normalized spacial score (nSPS) is 18.0. The van der Waals surface area contributed by atoms with Crippen molar-refractivity contribution in [2.75, 3.05) is 50.9 Å². The van der Waals surface area contributed by atoms with E-state index >= 15 is 0 Å². The van der Waals surface area contributed by atoms with Gasteiger partial charge in [-0.15, -0.1) is 0 Å². The van der Waals surface area contributed by atoms with Crippen molar-refractivity contribution in [2.45, 2.75) is 31.3 Å². The van der Waals surface area contributed by atoms with Crippen molar-refractivity contribution in [2.24, 2.45) is 7.05 Å². The highest BCUT2D eigenvalue weighted by Crippen LogP contribution is 2.27. The summed E-state index contributed by atoms with van der Waals surface area (Å²) in [5, 5.41) is 9.40. The first-order valence-electron chi connectivity index (χ1n) is 14.5. The third-order valence-electron chi connectivity index (χ3n) is 8.73. The SMILES string of the molecule is CN1CCC(N(C)c2ccc3cc(C(=O)N4CC[C@@H](NC(=O)c5cc(-c6cnn(C)c6)cnc5N)C4)ccc3c2)CC1. The zero-order valence-corrected chi connectivity index (χ0v) is 24.5. The Kier molecular flexibility index (Phi) is 7.55. The Hall–Kier alpha value is -4.44. The number of benzene rings is 2. The van der Waals surface area contributed by atoms with Crippen LogP contribution in [-0.2, 0) is 7.05 Å². The number of hydrogen-bond donors (Lipinski definition) is 2. The van der Waals surface area contributed by atoms with Crippen molar-refractivity contribution in [3.63, 3.8) is 0 Å². The Balaban J connectivity index is 1.09. The molecular formula is C32H38N8O2. The van der Waals surface area contributed by atoms with E-state index in [9.17, 15) is 9.59 Å². The topological polar surface area (TPSA) is 113 Å². The number of piperidine rings is 1. The molecule has 10 heteroatoms. The molecule has 2 saturated heterocycles. The van der Waals surface area contributed by atoms with Gasteiger partial charge in [0.2, 0.25) is 0 Å². The molecule has 2 amide bonds. The number of nitrogens with one attached hydrogen (secondary N) is 1. The fraction of sp³-hybridized carbons (Fsp3) is 0.375. The Morgan fingerprint density at radius 1 is 0.952 bits per heavy atom. The van der Waals surface area contributed by atoms with Gasteiger partial charge < -0.3 is 25.8 Å². The van der Waals surface area contributed by atoms with E-state index in [4.69, 9.17) is 5.73 Å². The van der Waals surface area contributed by atoms with Gasteiger partial charge in [0.05, 0.1) is 11.8 Å². The van der Waals surface area contributed by atoms with Gasteiger partial charge in [0.25, 0.3) is 11.8 Å². The van der Waals surface area contributed by atoms with E-state index in [2.05, 4.69) is 57.5 Å². The van der Waals surface area contributed by atoms with Gasteiger partial charge in [0.1, 0.15) is 5.82 Å². The number of pyridine rings is 1. The number of rotatable bonds is 6. The van der Waals surface area contributed by atoms with Crippen molar-refractivity contribution in [3.05, 3.63) is 72.2 Å². The smallest absolute Gasteiger partial charge is 0.255 e. The maximum Gasteiger partial charge on any atom is 0.255 e. The molecule has 0 aliphatic carbocycles. The number of nitrogens with two attached hydrogens (primary N) is 1. The Bertz CT molecular complexity index is 1620. The standard InChI is InChI=1S/C32H38N8O2/c1-37-11-9-27(10-12-37)39(3)28-7-6-21-14-23(5-4-22(21)15-28)32(42)40-13-8-26(20-40)36-31(41)29-16-24(17-34-30(29)33)25-18-35-38(2)19-25/h4-7,14-19,26-27H,8-13,20H2,1-3H3,(H2,33,34)(H,36,41)/t26-/m1/s1. The van der Waals surface area contributed by atoms with Crippen molar-refractivity contribution in [1.82, 2.24) is 29.9 Å². The average molecular weight is 567 g/mol. The summed E-state index contributed by atoms with van der Waals surface area (Å²) in [6.45, 7) is 3.27. The second-order valence-corrected chi connectivity index (χ2v) is 11.7. The van der Waals surface area contributed by atoms with Crippen LogP contribution in [0.3, 0.4) is 0 Å². The molecule has 2 aromatic carbocycles. The van der Waals surface area contributed by atoms with Gasteiger partial charge in [-0.3, -0.25) is 14.3 Å². The number of nitrogens with zero attached hydrogens (tertiary/aromatic N) is 6. The lowest BCUT2D eigenvalue weighted by molar-refractivity contribution is 0.0783. The number of aromatic nitrogens is 3. The van der Waals surface area contributed by atoms with E-state index in [1.54, 1.807) is 23.1 Å². The van der Waals surface area contributed by atoms with Crippen molar-refractivity contribution >= 4 is 34.1 Å². The molecule has 2 fully saturated rings. The van der Waals surface area contributed by atoms with Gasteiger partial charge in [-0.1, -0.05) is 12.1 Å². The summed E-state index contributed by atoms with van der Waals surface area (Å²) in [7, 11) is 6.20. The number of likely N-dealkylation sites (tertiary alicyclic amines) is 2. The lowest BCUT2D eigenvalue weighted by Gasteiger charge is -2.36. The van der Waals surface area contributed by atoms with Crippen LogP contribution in [0.5, 0.6) is 0 Å². The third kappa shape index (κ3) is 5.67. The monoisotopic (exact) mass is 566 g/mol. The largest absolute Gasteiger partial charge is 0.383 e. The van der Waals surface area contributed by atoms with E-state index in [-0.39, 0.29) is 23.7 Å². The highest BCUT2D eigenvalue weighted by atomic mass is 16.2. The number of fused-ring (bicyclic) bond motifs is 1. The van der Waals surface area contributed by atoms with Crippen LogP contribution < -0.4 is 16.0 Å². The average Bonchev–Trinajstić information content (AvgIpc) is 3.65. The quantitative estimate of drug-likeness (QED) is 0.368. The molecule has 2 aromatic heterocycles. The summed E-state index contributed by atoms with van der Waals surface area (Å²) >= 11 is 0. The summed E-state index contributed by atoms with van der Waals surface area (Å²) < 4.78 is 1.69. The minimum Gasteiger partial charge on any atom is -0.383 e. The molecule has 4 aromatic rings. The number of aryl methyl sites for hydroxylation is 1. The zero-order valence-electron chi connectivity index (χ0n) is 24.5. The van der Waals surface area contributed by atoms with E-state index in [1.165, 1.54) is 5.69 Å². The lowest BCUT2D eigenvalue weighted by Crippen LogP contribution is -2.41. The number of nitrogen functional groups attached to an aromatic ring is 1. The first kappa shape index (κ1) is 27.7. The van der Waals surface area contributed by atoms with Gasteiger partial charge in [0.15, 0.2) is 0 Å². The highest BCUT2D eigenvalue weighted by molar-refractivity contribution is 6.01. The molecule has 1 atom stereocenters. The Morgan fingerprint density at radius 2 is 1.71 bits per heavy atom. The molecule has 2 aliphatic rings. The van der Waals surface area contributed by atoms with E-state index in [0.717, 1.165) is 47.8 Å². The van der Waals surface area contributed by atoms with Crippen molar-refractivity contribution in [3.8, 4) is 11.1 Å². The van der Waals surface area contributed by atoms with Crippen LogP contribution in [0.15, 0.2) is 61.1 Å². The minimum atomic E-state index is -0.295. The van der Waals surface area contributed by atoms with Gasteiger partial charge in [-0.2, -0.15) is 5.10 Å². The first-order valence-corrected chi connectivity index (χ1v) is 14.5. The minimum absolute atomic E-state index is 0.0269. The number of amides is 2. The van der Waals surface area contributed by atoms with Gasteiger partial charge >= 0.3 is 0 Å². The van der Waals surface area contributed by atoms with Gasteiger partial charge in [0, 0.05) is 74.0 Å². The molecule has 4 heterocycles. The van der Waals surface area contributed by atoms with Crippen LogP contribution >= 0.6 is 0 Å². The van der Waals surface area contributed by atoms with Gasteiger partial charge in [-0.25, -0.2) is 4.98 Å². The van der Waals surface area contributed by atoms with Gasteiger partial charge in [-0.05, 0) is 80.5 Å². The zero-order chi connectivity index (χ0) is 29.4. The van der Waals surface area contributed by atoms with Crippen LogP contribution in [0.25, 0.3) is 21.9 Å². The van der Waals surface area contributed by atoms with Crippen molar-refractivity contribution < 1.29 is 9.59 Å². The molecule has 6 rings (SSSR count). The predicted molar refractivity (Wildman–Crippen MR) is 165 cm³/mol. The molecular weight excluding hydrogens is 528 g/mol. The van der Waals surface area contributed by atoms with Crippen LogP contribution in [0, 0.1) is 0 Å². The number of anilines is 2. The predicted octanol–water partition coefficient (Wildman–Crippen LogP) is 3.39. The lowest BCUT2D eigenvalue weighted by atomic mass is 10.0. The highest BCUT2D eigenvalue weighted by Gasteiger charge is 2.29. The summed E-state index contributed by atoms with van der Waals surface area (Å²) in [6.07, 6.45) is 8.21. The number of carbonyl (C=O) groups excluding carboxylic acids is 2. The van der Waals surface area contributed by atoms with E-state index in [1.807, 2.05) is 36.3 Å². The summed E-state index contributed by atoms with van der Waals surface area (Å²) in [5.41, 5.74) is 9.85. The van der Waals surface area contributed by atoms with Crippen molar-refractivity contribution in [1.29, 1.82) is 0 Å². The van der Waals surface area contributed by atoms with Crippen LogP contribution in [0.1, 0.15) is 40.0 Å². The first-order chi connectivity index (χ1) is 20.2. The van der Waals surface area contributed by atoms with Crippen LogP contribution in [0.4, 0.5) is 11.5 Å². The maximum absolute atomic E-state index is 13.4. The summed E-state index contributed by atoms with van der Waals surface area (Å²) in [6, 6.07) is 14.5. The fourth-order valence-electron chi connectivity index (χ4n) is 6.07. The van der Waals surface area contributed by atoms with E-state index in [0.29, 0.717) is 36.7 Å². The number of carbonyl (C=O) groups is 2.